The highest BCUT2D eigenvalue weighted by Gasteiger charge is 2.37. The lowest BCUT2D eigenvalue weighted by atomic mass is 10.0. The molecule has 0 aliphatic carbocycles. The molecular formula is C17H26N2O5S. The molecule has 0 aromatic heterocycles. The van der Waals surface area contributed by atoms with Crippen LogP contribution in [0.15, 0.2) is 35.2 Å². The van der Waals surface area contributed by atoms with Crippen molar-refractivity contribution < 1.29 is 22.7 Å². The Hall–Kier alpha value is -1.48. The molecule has 140 valence electrons. The molecule has 1 heterocycles. The molecular weight excluding hydrogens is 344 g/mol. The minimum absolute atomic E-state index is 0.220. The highest BCUT2D eigenvalue weighted by atomic mass is 32.2. The summed E-state index contributed by atoms with van der Waals surface area (Å²) in [4.78, 5) is 12.7. The Morgan fingerprint density at radius 1 is 1.20 bits per heavy atom. The van der Waals surface area contributed by atoms with E-state index in [1.165, 1.54) is 4.31 Å². The Labute approximate surface area is 149 Å². The Bertz CT molecular complexity index is 636. The fourth-order valence-corrected chi connectivity index (χ4v) is 4.47. The Morgan fingerprint density at radius 3 is 2.68 bits per heavy atom. The monoisotopic (exact) mass is 370 g/mol. The third-order valence-electron chi connectivity index (χ3n) is 4.08. The van der Waals surface area contributed by atoms with Crippen molar-refractivity contribution in [2.24, 2.45) is 0 Å². The number of rotatable bonds is 9. The zero-order valence-corrected chi connectivity index (χ0v) is 15.3. The molecule has 0 spiro atoms. The van der Waals surface area contributed by atoms with Crippen LogP contribution in [0.5, 0.6) is 0 Å². The second kappa shape index (κ2) is 9.86. The molecule has 0 saturated carbocycles. The number of hydrogen-bond acceptors (Lipinski definition) is 5. The molecule has 1 aromatic carbocycles. The molecule has 0 radical (unpaired) electrons. The molecule has 1 aromatic rings. The van der Waals surface area contributed by atoms with E-state index >= 15 is 0 Å². The average Bonchev–Trinajstić information content (AvgIpc) is 2.65. The molecule has 1 fully saturated rings. The highest BCUT2D eigenvalue weighted by Crippen LogP contribution is 2.25. The van der Waals surface area contributed by atoms with Gasteiger partial charge in [0, 0.05) is 20.2 Å². The first kappa shape index (κ1) is 19.8. The van der Waals surface area contributed by atoms with Gasteiger partial charge < -0.3 is 14.8 Å². The van der Waals surface area contributed by atoms with Crippen molar-refractivity contribution in [3.8, 4) is 0 Å². The molecule has 1 N–H and O–H groups in total. The van der Waals surface area contributed by atoms with E-state index in [0.717, 1.165) is 12.8 Å². The van der Waals surface area contributed by atoms with Crippen LogP contribution in [-0.4, -0.2) is 64.7 Å². The van der Waals surface area contributed by atoms with Gasteiger partial charge in [-0.15, -0.1) is 0 Å². The van der Waals surface area contributed by atoms with Crippen molar-refractivity contribution in [1.82, 2.24) is 9.62 Å². The SMILES string of the molecule is COCCOCCNC(=O)C1CCCCN1S(=O)(=O)c1ccccc1. The van der Waals surface area contributed by atoms with E-state index in [4.69, 9.17) is 9.47 Å². The predicted octanol–water partition coefficient (Wildman–Crippen LogP) is 1.01. The fraction of sp³-hybridized carbons (Fsp3) is 0.588. The van der Waals surface area contributed by atoms with E-state index in [0.29, 0.717) is 39.3 Å². The second-order valence-electron chi connectivity index (χ2n) is 5.84. The molecule has 1 unspecified atom stereocenters. The number of methoxy groups -OCH3 is 1. The first-order valence-electron chi connectivity index (χ1n) is 8.48. The number of nitrogens with one attached hydrogen (secondary N) is 1. The van der Waals surface area contributed by atoms with Crippen LogP contribution in [0.4, 0.5) is 0 Å². The second-order valence-corrected chi connectivity index (χ2v) is 7.73. The van der Waals surface area contributed by atoms with Crippen LogP contribution in [0.1, 0.15) is 19.3 Å². The van der Waals surface area contributed by atoms with E-state index in [1.807, 2.05) is 0 Å². The maximum absolute atomic E-state index is 12.9. The van der Waals surface area contributed by atoms with Crippen molar-refractivity contribution in [3.05, 3.63) is 30.3 Å². The van der Waals surface area contributed by atoms with Crippen molar-refractivity contribution in [3.63, 3.8) is 0 Å². The lowest BCUT2D eigenvalue weighted by Gasteiger charge is -2.33. The summed E-state index contributed by atoms with van der Waals surface area (Å²) in [6.45, 7) is 2.04. The van der Waals surface area contributed by atoms with Gasteiger partial charge in [0.2, 0.25) is 15.9 Å². The zero-order valence-electron chi connectivity index (χ0n) is 14.5. The molecule has 1 atom stereocenters. The van der Waals surface area contributed by atoms with Crippen LogP contribution in [0, 0.1) is 0 Å². The largest absolute Gasteiger partial charge is 0.382 e. The summed E-state index contributed by atoms with van der Waals surface area (Å²) in [6.07, 6.45) is 2.13. The lowest BCUT2D eigenvalue weighted by Crippen LogP contribution is -2.52. The Balaban J connectivity index is 1.97. The molecule has 0 bridgehead atoms. The fourth-order valence-electron chi connectivity index (χ4n) is 2.79. The number of hydrogen-bond donors (Lipinski definition) is 1. The smallest absolute Gasteiger partial charge is 0.243 e. The van der Waals surface area contributed by atoms with Crippen LogP contribution >= 0.6 is 0 Å². The van der Waals surface area contributed by atoms with Crippen LogP contribution in [0.3, 0.4) is 0 Å². The average molecular weight is 370 g/mol. The molecule has 1 amide bonds. The summed E-state index contributed by atoms with van der Waals surface area (Å²) < 4.78 is 37.2. The van der Waals surface area contributed by atoms with Gasteiger partial charge in [-0.25, -0.2) is 8.42 Å². The molecule has 7 nitrogen and oxygen atoms in total. The van der Waals surface area contributed by atoms with Gasteiger partial charge in [0.1, 0.15) is 6.04 Å². The van der Waals surface area contributed by atoms with Gasteiger partial charge in [0.05, 0.1) is 24.7 Å². The number of nitrogens with zero attached hydrogens (tertiary/aromatic N) is 1. The third-order valence-corrected chi connectivity index (χ3v) is 6.01. The molecule has 1 saturated heterocycles. The van der Waals surface area contributed by atoms with Gasteiger partial charge in [0.25, 0.3) is 0 Å². The summed E-state index contributed by atoms with van der Waals surface area (Å²) in [5.41, 5.74) is 0. The maximum Gasteiger partial charge on any atom is 0.243 e. The summed E-state index contributed by atoms with van der Waals surface area (Å²) in [7, 11) is -2.08. The van der Waals surface area contributed by atoms with Gasteiger partial charge in [-0.2, -0.15) is 4.31 Å². The van der Waals surface area contributed by atoms with Crippen molar-refractivity contribution >= 4 is 15.9 Å². The van der Waals surface area contributed by atoms with Gasteiger partial charge in [-0.3, -0.25) is 4.79 Å². The van der Waals surface area contributed by atoms with Crippen molar-refractivity contribution in [2.45, 2.75) is 30.2 Å². The summed E-state index contributed by atoms with van der Waals surface area (Å²) >= 11 is 0. The van der Waals surface area contributed by atoms with Crippen LogP contribution < -0.4 is 5.32 Å². The number of carbonyl (C=O) groups is 1. The number of piperidine rings is 1. The molecule has 8 heteroatoms. The van der Waals surface area contributed by atoms with Crippen LogP contribution in [0.25, 0.3) is 0 Å². The number of carbonyl (C=O) groups excluding carboxylic acids is 1. The van der Waals surface area contributed by atoms with E-state index < -0.39 is 16.1 Å². The van der Waals surface area contributed by atoms with E-state index in [1.54, 1.807) is 37.4 Å². The molecule has 2 rings (SSSR count). The third kappa shape index (κ3) is 5.50. The van der Waals surface area contributed by atoms with Gasteiger partial charge in [-0.1, -0.05) is 24.6 Å². The molecule has 1 aliphatic heterocycles. The van der Waals surface area contributed by atoms with Crippen LogP contribution in [0.2, 0.25) is 0 Å². The lowest BCUT2D eigenvalue weighted by molar-refractivity contribution is -0.125. The standard InChI is InChI=1S/C17H26N2O5S/c1-23-13-14-24-12-10-18-17(20)16-9-5-6-11-19(16)25(21,22)15-7-3-2-4-8-15/h2-4,7-8,16H,5-6,9-14H2,1H3,(H,18,20). The molecule has 1 aliphatic rings. The summed E-state index contributed by atoms with van der Waals surface area (Å²) in [5.74, 6) is -0.269. The maximum atomic E-state index is 12.9. The van der Waals surface area contributed by atoms with Crippen LogP contribution in [-0.2, 0) is 24.3 Å². The normalized spacial score (nSPS) is 18.8. The minimum Gasteiger partial charge on any atom is -0.382 e. The first-order chi connectivity index (χ1) is 12.1. The van der Waals surface area contributed by atoms with Gasteiger partial charge in [0.15, 0.2) is 0 Å². The highest BCUT2D eigenvalue weighted by molar-refractivity contribution is 7.89. The number of amides is 1. The summed E-state index contributed by atoms with van der Waals surface area (Å²) in [6, 6.07) is 7.58. The van der Waals surface area contributed by atoms with Crippen molar-refractivity contribution in [2.75, 3.05) is 40.0 Å². The van der Waals surface area contributed by atoms with E-state index in [2.05, 4.69) is 5.32 Å². The topological polar surface area (TPSA) is 84.9 Å². The zero-order chi connectivity index (χ0) is 18.1. The quantitative estimate of drug-likeness (QED) is 0.656. The molecule has 25 heavy (non-hydrogen) atoms. The van der Waals surface area contributed by atoms with Gasteiger partial charge >= 0.3 is 0 Å². The number of sulfonamides is 1. The Kier molecular flexibility index (Phi) is 7.83. The van der Waals surface area contributed by atoms with Gasteiger partial charge in [-0.05, 0) is 25.0 Å². The first-order valence-corrected chi connectivity index (χ1v) is 9.92. The number of benzene rings is 1. The van der Waals surface area contributed by atoms with Crippen molar-refractivity contribution in [1.29, 1.82) is 0 Å². The minimum atomic E-state index is -3.67. The summed E-state index contributed by atoms with van der Waals surface area (Å²) in [5, 5.41) is 2.77. The number of ether oxygens (including phenoxy) is 2. The predicted molar refractivity (Wildman–Crippen MR) is 93.7 cm³/mol. The van der Waals surface area contributed by atoms with E-state index in [9.17, 15) is 13.2 Å². The van der Waals surface area contributed by atoms with E-state index in [-0.39, 0.29) is 10.8 Å². The Morgan fingerprint density at radius 2 is 1.96 bits per heavy atom.